The van der Waals surface area contributed by atoms with Gasteiger partial charge in [0.25, 0.3) is 0 Å². The number of carbonyl (C=O) groups excluding carboxylic acids is 4. The Labute approximate surface area is 299 Å². The number of nitrogens with one attached hydrogen (secondary N) is 3. The Kier molecular flexibility index (Phi) is 12.7. The van der Waals surface area contributed by atoms with Crippen molar-refractivity contribution < 1.29 is 37.8 Å². The number of rotatable bonds is 13. The van der Waals surface area contributed by atoms with E-state index in [9.17, 15) is 23.6 Å². The summed E-state index contributed by atoms with van der Waals surface area (Å²) in [4.78, 5) is 58.0. The van der Waals surface area contributed by atoms with Gasteiger partial charge in [0.15, 0.2) is 0 Å². The Hall–Kier alpha value is -4.45. The molecule has 12 heteroatoms. The van der Waals surface area contributed by atoms with Gasteiger partial charge in [-0.3, -0.25) is 9.59 Å². The predicted molar refractivity (Wildman–Crippen MR) is 192 cm³/mol. The fraction of sp³-hybridized carbons (Fsp3) is 0.538. The number of H-pyrrole nitrogens is 1. The highest BCUT2D eigenvalue weighted by molar-refractivity contribution is 6.01. The normalized spacial score (nSPS) is 21.2. The minimum absolute atomic E-state index is 0.0746. The maximum atomic E-state index is 14.1. The molecule has 1 aliphatic carbocycles. The van der Waals surface area contributed by atoms with E-state index in [0.29, 0.717) is 69.7 Å². The molecule has 276 valence electrons. The number of hydrogen-bond acceptors (Lipinski definition) is 7. The molecule has 3 aromatic rings. The maximum Gasteiger partial charge on any atom is 0.407 e. The van der Waals surface area contributed by atoms with E-state index >= 15 is 0 Å². The standard InChI is InChI=1S/C39H51FN4O7/c1-5-49-20-9-21-50-37(47)32-23-28-22-29(16-17-31(28)42-32)41-35(45)34-30(25-10-7-6-8-11-25)18-19-44(34)36(46)27-14-12-26(13-15-27)33(24-40)43-38(48)51-39(2,3)4/h6-8,10-11,16-17,22-23,26-27,30,33-34,42H,5,9,12-15,18-21,24H2,1-4H3,(H,41,45)(H,43,48)/t26?,27?,30-,33-,34+/m1/s1. The molecule has 2 aliphatic rings. The molecule has 1 saturated heterocycles. The van der Waals surface area contributed by atoms with E-state index in [0.717, 1.165) is 16.5 Å². The molecule has 0 spiro atoms. The monoisotopic (exact) mass is 706 g/mol. The van der Waals surface area contributed by atoms with Crippen molar-refractivity contribution in [2.45, 2.75) is 89.8 Å². The summed E-state index contributed by atoms with van der Waals surface area (Å²) in [6, 6.07) is 15.4. The van der Waals surface area contributed by atoms with Gasteiger partial charge in [-0.1, -0.05) is 30.3 Å². The highest BCUT2D eigenvalue weighted by atomic mass is 19.1. The highest BCUT2D eigenvalue weighted by Crippen LogP contribution is 2.39. The molecule has 5 rings (SSSR count). The van der Waals surface area contributed by atoms with Crippen molar-refractivity contribution in [3.05, 3.63) is 65.9 Å². The van der Waals surface area contributed by atoms with Gasteiger partial charge < -0.3 is 34.7 Å². The van der Waals surface area contributed by atoms with Crippen LogP contribution in [0.4, 0.5) is 14.9 Å². The van der Waals surface area contributed by atoms with Crippen molar-refractivity contribution in [2.75, 3.05) is 38.4 Å². The summed E-state index contributed by atoms with van der Waals surface area (Å²) >= 11 is 0. The number of likely N-dealkylation sites (tertiary alicyclic amines) is 1. The van der Waals surface area contributed by atoms with Crippen molar-refractivity contribution in [1.82, 2.24) is 15.2 Å². The van der Waals surface area contributed by atoms with Crippen molar-refractivity contribution in [3.8, 4) is 0 Å². The number of benzene rings is 2. The fourth-order valence-corrected chi connectivity index (χ4v) is 7.24. The van der Waals surface area contributed by atoms with Gasteiger partial charge in [0, 0.05) is 54.6 Å². The molecular weight excluding hydrogens is 655 g/mol. The van der Waals surface area contributed by atoms with Crippen LogP contribution in [0.25, 0.3) is 10.9 Å². The number of hydrogen-bond donors (Lipinski definition) is 3. The largest absolute Gasteiger partial charge is 0.461 e. The summed E-state index contributed by atoms with van der Waals surface area (Å²) in [5, 5.41) is 6.46. The fourth-order valence-electron chi connectivity index (χ4n) is 7.24. The average molecular weight is 707 g/mol. The quantitative estimate of drug-likeness (QED) is 0.132. The SMILES string of the molecule is CCOCCCOC(=O)c1cc2cc(NC(=O)[C@@H]3[C@@H](c4ccccc4)CCN3C(=O)C3CCC([C@@H](CF)NC(=O)OC(C)(C)C)CC3)ccc2[nH]1. The molecule has 1 aromatic heterocycles. The molecule has 0 bridgehead atoms. The molecule has 51 heavy (non-hydrogen) atoms. The van der Waals surface area contributed by atoms with E-state index in [1.807, 2.05) is 37.3 Å². The second-order valence-corrected chi connectivity index (χ2v) is 14.5. The van der Waals surface area contributed by atoms with Gasteiger partial charge in [-0.25, -0.2) is 14.0 Å². The zero-order chi connectivity index (χ0) is 36.5. The number of ether oxygens (including phenoxy) is 3. The molecule has 0 unspecified atom stereocenters. The molecule has 11 nitrogen and oxygen atoms in total. The third-order valence-corrected chi connectivity index (χ3v) is 9.71. The highest BCUT2D eigenvalue weighted by Gasteiger charge is 2.45. The lowest BCUT2D eigenvalue weighted by molar-refractivity contribution is -0.141. The lowest BCUT2D eigenvalue weighted by Crippen LogP contribution is -2.49. The maximum absolute atomic E-state index is 14.1. The van der Waals surface area contributed by atoms with Gasteiger partial charge in [-0.2, -0.15) is 0 Å². The van der Waals surface area contributed by atoms with Crippen LogP contribution in [0.2, 0.25) is 0 Å². The van der Waals surface area contributed by atoms with E-state index in [4.69, 9.17) is 14.2 Å². The third kappa shape index (κ3) is 9.87. The number of nitrogens with zero attached hydrogens (tertiary/aromatic N) is 1. The van der Waals surface area contributed by atoms with E-state index in [2.05, 4.69) is 15.6 Å². The molecule has 3 atom stereocenters. The van der Waals surface area contributed by atoms with E-state index in [1.54, 1.807) is 49.9 Å². The van der Waals surface area contributed by atoms with E-state index in [1.165, 1.54) is 0 Å². The average Bonchev–Trinajstić information content (AvgIpc) is 3.75. The van der Waals surface area contributed by atoms with Gasteiger partial charge in [0.1, 0.15) is 24.0 Å². The number of alkyl halides is 1. The van der Waals surface area contributed by atoms with E-state index < -0.39 is 36.4 Å². The van der Waals surface area contributed by atoms with Crippen LogP contribution in [0.15, 0.2) is 54.6 Å². The number of amides is 3. The van der Waals surface area contributed by atoms with Crippen molar-refractivity contribution >= 4 is 40.5 Å². The van der Waals surface area contributed by atoms with Crippen molar-refractivity contribution in [3.63, 3.8) is 0 Å². The number of anilines is 1. The second-order valence-electron chi connectivity index (χ2n) is 14.5. The Balaban J connectivity index is 1.25. The lowest BCUT2D eigenvalue weighted by atomic mass is 9.78. The number of esters is 1. The van der Waals surface area contributed by atoms with Crippen LogP contribution < -0.4 is 10.6 Å². The zero-order valence-electron chi connectivity index (χ0n) is 30.0. The van der Waals surface area contributed by atoms with Crippen LogP contribution in [0, 0.1) is 11.8 Å². The number of carbonyl (C=O) groups is 4. The smallest absolute Gasteiger partial charge is 0.407 e. The first-order valence-corrected chi connectivity index (χ1v) is 18.1. The lowest BCUT2D eigenvalue weighted by Gasteiger charge is -2.36. The third-order valence-electron chi connectivity index (χ3n) is 9.71. The van der Waals surface area contributed by atoms with Crippen LogP contribution >= 0.6 is 0 Å². The first-order valence-electron chi connectivity index (χ1n) is 18.1. The molecule has 0 radical (unpaired) electrons. The number of aromatic amines is 1. The van der Waals surface area contributed by atoms with Gasteiger partial charge in [0.05, 0.1) is 12.6 Å². The Morgan fingerprint density at radius 3 is 2.41 bits per heavy atom. The number of fused-ring (bicyclic) bond motifs is 1. The molecule has 1 aliphatic heterocycles. The summed E-state index contributed by atoms with van der Waals surface area (Å²) in [6.07, 6.45) is 2.83. The minimum Gasteiger partial charge on any atom is -0.461 e. The molecule has 2 heterocycles. The summed E-state index contributed by atoms with van der Waals surface area (Å²) in [5.74, 6) is -1.44. The molecular formula is C39H51FN4O7. The summed E-state index contributed by atoms with van der Waals surface area (Å²) in [6.45, 7) is 8.28. The van der Waals surface area contributed by atoms with Crippen molar-refractivity contribution in [1.29, 1.82) is 0 Å². The first-order chi connectivity index (χ1) is 24.5. The van der Waals surface area contributed by atoms with Crippen LogP contribution in [0.5, 0.6) is 0 Å². The Morgan fingerprint density at radius 1 is 0.980 bits per heavy atom. The first kappa shape index (κ1) is 37.8. The molecule has 3 N–H and O–H groups in total. The topological polar surface area (TPSA) is 139 Å². The van der Waals surface area contributed by atoms with Crippen LogP contribution in [-0.4, -0.2) is 84.5 Å². The van der Waals surface area contributed by atoms with Crippen LogP contribution in [-0.2, 0) is 23.8 Å². The van der Waals surface area contributed by atoms with Gasteiger partial charge in [-0.15, -0.1) is 0 Å². The number of halogens is 1. The van der Waals surface area contributed by atoms with Crippen molar-refractivity contribution in [2.24, 2.45) is 11.8 Å². The molecule has 2 fully saturated rings. The zero-order valence-corrected chi connectivity index (χ0v) is 30.0. The summed E-state index contributed by atoms with van der Waals surface area (Å²) in [7, 11) is 0. The van der Waals surface area contributed by atoms with Gasteiger partial charge in [-0.05, 0) is 95.5 Å². The van der Waals surface area contributed by atoms with Gasteiger partial charge >= 0.3 is 12.1 Å². The van der Waals surface area contributed by atoms with E-state index in [-0.39, 0.29) is 36.2 Å². The van der Waals surface area contributed by atoms with Crippen LogP contribution in [0.3, 0.4) is 0 Å². The Bertz CT molecular complexity index is 1650. The number of alkyl carbamates (subject to hydrolysis) is 1. The molecule has 1 saturated carbocycles. The minimum atomic E-state index is -0.728. The van der Waals surface area contributed by atoms with Gasteiger partial charge in [0.2, 0.25) is 11.8 Å². The molecule has 3 amide bonds. The summed E-state index contributed by atoms with van der Waals surface area (Å²) < 4.78 is 30.0. The number of aromatic nitrogens is 1. The second kappa shape index (κ2) is 17.2. The molecule has 2 aromatic carbocycles. The Morgan fingerprint density at radius 2 is 1.73 bits per heavy atom. The predicted octanol–water partition coefficient (Wildman–Crippen LogP) is 6.74. The van der Waals surface area contributed by atoms with Crippen LogP contribution in [0.1, 0.15) is 88.2 Å². The summed E-state index contributed by atoms with van der Waals surface area (Å²) in [5.41, 5.74) is 1.88.